The maximum Gasteiger partial charge on any atom is 0.161 e. The van der Waals surface area contributed by atoms with Gasteiger partial charge in [0.15, 0.2) is 11.5 Å². The summed E-state index contributed by atoms with van der Waals surface area (Å²) in [6.07, 6.45) is 5.68. The van der Waals surface area contributed by atoms with Crippen LogP contribution < -0.4 is 14.8 Å². The van der Waals surface area contributed by atoms with Crippen molar-refractivity contribution in [3.05, 3.63) is 23.8 Å². The van der Waals surface area contributed by atoms with E-state index in [9.17, 15) is 0 Å². The molecule has 2 saturated carbocycles. The third-order valence-electron chi connectivity index (χ3n) is 5.30. The van der Waals surface area contributed by atoms with Crippen molar-refractivity contribution in [2.45, 2.75) is 38.6 Å². The van der Waals surface area contributed by atoms with Crippen LogP contribution >= 0.6 is 0 Å². The SMILES string of the molecule is CCNC(c1ccc(OC)c(OC)c1)C1C2CCCCC21. The highest BCUT2D eigenvalue weighted by atomic mass is 16.5. The summed E-state index contributed by atoms with van der Waals surface area (Å²) in [6.45, 7) is 3.20. The van der Waals surface area contributed by atoms with Gasteiger partial charge in [-0.05, 0) is 54.8 Å². The van der Waals surface area contributed by atoms with Crippen LogP contribution in [0.3, 0.4) is 0 Å². The first-order valence-corrected chi connectivity index (χ1v) is 8.25. The quantitative estimate of drug-likeness (QED) is 0.864. The fraction of sp³-hybridized carbons (Fsp3) is 0.667. The molecule has 2 fully saturated rings. The van der Waals surface area contributed by atoms with Crippen molar-refractivity contribution in [1.29, 1.82) is 0 Å². The minimum absolute atomic E-state index is 0.461. The van der Waals surface area contributed by atoms with Gasteiger partial charge in [-0.1, -0.05) is 25.8 Å². The van der Waals surface area contributed by atoms with Crippen LogP contribution in [0.1, 0.15) is 44.2 Å². The molecule has 0 spiro atoms. The van der Waals surface area contributed by atoms with E-state index in [0.29, 0.717) is 6.04 Å². The predicted octanol–water partition coefficient (Wildman–Crippen LogP) is 3.79. The van der Waals surface area contributed by atoms with Crippen molar-refractivity contribution < 1.29 is 9.47 Å². The first kappa shape index (κ1) is 14.7. The Balaban J connectivity index is 1.84. The van der Waals surface area contributed by atoms with Gasteiger partial charge in [-0.25, -0.2) is 0 Å². The van der Waals surface area contributed by atoms with Crippen LogP contribution in [0, 0.1) is 17.8 Å². The van der Waals surface area contributed by atoms with Crippen LogP contribution in [0.4, 0.5) is 0 Å². The summed E-state index contributed by atoms with van der Waals surface area (Å²) in [5.41, 5.74) is 1.34. The maximum absolute atomic E-state index is 5.47. The summed E-state index contributed by atoms with van der Waals surface area (Å²) in [7, 11) is 3.40. The summed E-state index contributed by atoms with van der Waals surface area (Å²) in [5, 5.41) is 3.71. The number of ether oxygens (including phenoxy) is 2. The highest BCUT2D eigenvalue weighted by molar-refractivity contribution is 5.44. The molecule has 0 aliphatic heterocycles. The Labute approximate surface area is 128 Å². The van der Waals surface area contributed by atoms with E-state index in [1.807, 2.05) is 6.07 Å². The zero-order valence-corrected chi connectivity index (χ0v) is 13.4. The van der Waals surface area contributed by atoms with Crippen molar-refractivity contribution >= 4 is 0 Å². The summed E-state index contributed by atoms with van der Waals surface area (Å²) in [5.74, 6) is 4.34. The molecular formula is C18H27NO2. The molecule has 1 aromatic rings. The molecule has 0 bridgehead atoms. The molecule has 3 rings (SSSR count). The highest BCUT2D eigenvalue weighted by Gasteiger charge is 2.54. The fourth-order valence-corrected chi connectivity index (χ4v) is 4.28. The highest BCUT2D eigenvalue weighted by Crippen LogP contribution is 2.60. The van der Waals surface area contributed by atoms with Gasteiger partial charge in [0.2, 0.25) is 0 Å². The van der Waals surface area contributed by atoms with Crippen molar-refractivity contribution in [2.24, 2.45) is 17.8 Å². The van der Waals surface area contributed by atoms with Gasteiger partial charge >= 0.3 is 0 Å². The number of fused-ring (bicyclic) bond motifs is 1. The third kappa shape index (κ3) is 2.76. The maximum atomic E-state index is 5.47. The molecule has 2 aliphatic rings. The molecule has 1 aromatic carbocycles. The average Bonchev–Trinajstić information content (AvgIpc) is 3.26. The van der Waals surface area contributed by atoms with Crippen LogP contribution in [0.2, 0.25) is 0 Å². The van der Waals surface area contributed by atoms with Gasteiger partial charge in [0, 0.05) is 6.04 Å². The van der Waals surface area contributed by atoms with Gasteiger partial charge in [0.1, 0.15) is 0 Å². The van der Waals surface area contributed by atoms with E-state index < -0.39 is 0 Å². The van der Waals surface area contributed by atoms with Crippen LogP contribution in [-0.4, -0.2) is 20.8 Å². The molecule has 2 aliphatic carbocycles. The fourth-order valence-electron chi connectivity index (χ4n) is 4.28. The Kier molecular flexibility index (Phi) is 4.39. The number of hydrogen-bond donors (Lipinski definition) is 1. The van der Waals surface area contributed by atoms with E-state index in [1.165, 1.54) is 31.2 Å². The van der Waals surface area contributed by atoms with Gasteiger partial charge in [0.25, 0.3) is 0 Å². The Morgan fingerprint density at radius 3 is 2.33 bits per heavy atom. The van der Waals surface area contributed by atoms with Gasteiger partial charge in [-0.15, -0.1) is 0 Å². The van der Waals surface area contributed by atoms with E-state index in [2.05, 4.69) is 24.4 Å². The standard InChI is InChI=1S/C18H27NO2/c1-4-19-18(17-13-7-5-6-8-14(13)17)12-9-10-15(20-2)16(11-12)21-3/h9-11,13-14,17-19H,4-8H2,1-3H3. The number of hydrogen-bond acceptors (Lipinski definition) is 3. The second kappa shape index (κ2) is 6.27. The lowest BCUT2D eigenvalue weighted by atomic mass is 9.99. The second-order valence-corrected chi connectivity index (χ2v) is 6.34. The monoisotopic (exact) mass is 289 g/mol. The molecule has 0 aromatic heterocycles. The van der Waals surface area contributed by atoms with E-state index in [-0.39, 0.29) is 0 Å². The second-order valence-electron chi connectivity index (χ2n) is 6.34. The largest absolute Gasteiger partial charge is 0.493 e. The van der Waals surface area contributed by atoms with Crippen LogP contribution in [0.15, 0.2) is 18.2 Å². The smallest absolute Gasteiger partial charge is 0.161 e. The number of benzene rings is 1. The zero-order valence-electron chi connectivity index (χ0n) is 13.4. The van der Waals surface area contributed by atoms with Crippen molar-refractivity contribution in [2.75, 3.05) is 20.8 Å². The molecule has 3 heteroatoms. The lowest BCUT2D eigenvalue weighted by Crippen LogP contribution is -2.24. The summed E-state index contributed by atoms with van der Waals surface area (Å²) < 4.78 is 10.8. The number of methoxy groups -OCH3 is 2. The van der Waals surface area contributed by atoms with Crippen LogP contribution in [-0.2, 0) is 0 Å². The van der Waals surface area contributed by atoms with Crippen molar-refractivity contribution in [3.8, 4) is 11.5 Å². The lowest BCUT2D eigenvalue weighted by Gasteiger charge is -2.20. The van der Waals surface area contributed by atoms with Crippen molar-refractivity contribution in [3.63, 3.8) is 0 Å². The van der Waals surface area contributed by atoms with Gasteiger partial charge in [0.05, 0.1) is 14.2 Å². The van der Waals surface area contributed by atoms with E-state index in [1.54, 1.807) is 14.2 Å². The molecule has 3 atom stereocenters. The molecule has 3 nitrogen and oxygen atoms in total. The Hall–Kier alpha value is -1.22. The minimum Gasteiger partial charge on any atom is -0.493 e. The molecule has 21 heavy (non-hydrogen) atoms. The minimum atomic E-state index is 0.461. The number of nitrogens with one attached hydrogen (secondary N) is 1. The van der Waals surface area contributed by atoms with Crippen LogP contribution in [0.5, 0.6) is 11.5 Å². The third-order valence-corrected chi connectivity index (χ3v) is 5.30. The Morgan fingerprint density at radius 1 is 1.10 bits per heavy atom. The zero-order chi connectivity index (χ0) is 14.8. The number of rotatable bonds is 6. The van der Waals surface area contributed by atoms with Gasteiger partial charge < -0.3 is 14.8 Å². The molecule has 0 saturated heterocycles. The topological polar surface area (TPSA) is 30.5 Å². The summed E-state index contributed by atoms with van der Waals surface area (Å²) in [4.78, 5) is 0. The molecule has 116 valence electrons. The molecular weight excluding hydrogens is 262 g/mol. The summed E-state index contributed by atoms with van der Waals surface area (Å²) in [6, 6.07) is 6.84. The molecule has 3 unspecified atom stereocenters. The van der Waals surface area contributed by atoms with Crippen molar-refractivity contribution in [1.82, 2.24) is 5.32 Å². The molecule has 1 N–H and O–H groups in total. The Morgan fingerprint density at radius 2 is 1.76 bits per heavy atom. The van der Waals surface area contributed by atoms with Gasteiger partial charge in [-0.2, -0.15) is 0 Å². The first-order chi connectivity index (χ1) is 10.3. The predicted molar refractivity (Wildman–Crippen MR) is 84.9 cm³/mol. The van der Waals surface area contributed by atoms with E-state index in [4.69, 9.17) is 9.47 Å². The molecule has 0 radical (unpaired) electrons. The van der Waals surface area contributed by atoms with Gasteiger partial charge in [-0.3, -0.25) is 0 Å². The average molecular weight is 289 g/mol. The lowest BCUT2D eigenvalue weighted by molar-refractivity contribution is 0.353. The first-order valence-electron chi connectivity index (χ1n) is 8.25. The summed E-state index contributed by atoms with van der Waals surface area (Å²) >= 11 is 0. The van der Waals surface area contributed by atoms with E-state index in [0.717, 1.165) is 35.8 Å². The molecule has 0 heterocycles. The molecule has 0 amide bonds. The normalized spacial score (nSPS) is 28.6. The van der Waals surface area contributed by atoms with E-state index >= 15 is 0 Å². The Bertz CT molecular complexity index is 476. The van der Waals surface area contributed by atoms with Crippen LogP contribution in [0.25, 0.3) is 0 Å².